The monoisotopic (exact) mass is 529 g/mol. The van der Waals surface area contributed by atoms with Gasteiger partial charge in [-0.2, -0.15) is 0 Å². The van der Waals surface area contributed by atoms with Gasteiger partial charge < -0.3 is 5.11 Å². The molecule has 0 spiro atoms. The van der Waals surface area contributed by atoms with Crippen molar-refractivity contribution in [2.45, 2.75) is 19.9 Å². The summed E-state index contributed by atoms with van der Waals surface area (Å²) in [5.41, 5.74) is 3.39. The fraction of sp³-hybridized carbons (Fsp3) is 0.120. The second-order valence-corrected chi connectivity index (χ2v) is 9.26. The Balaban J connectivity index is 1.99. The van der Waals surface area contributed by atoms with Gasteiger partial charge in [0.25, 0.3) is 11.7 Å². The van der Waals surface area contributed by atoms with Crippen LogP contribution in [0.4, 0.5) is 5.69 Å². The number of rotatable bonds is 3. The normalized spacial score (nSPS) is 17.8. The summed E-state index contributed by atoms with van der Waals surface area (Å²) in [5, 5.41) is 11.8. The van der Waals surface area contributed by atoms with E-state index >= 15 is 0 Å². The fourth-order valence-corrected chi connectivity index (χ4v) is 4.41. The molecule has 1 amide bonds. The van der Waals surface area contributed by atoms with E-state index in [4.69, 9.17) is 23.2 Å². The molecule has 1 aliphatic heterocycles. The third-order valence-corrected chi connectivity index (χ3v) is 7.17. The van der Waals surface area contributed by atoms with Crippen LogP contribution < -0.4 is 4.90 Å². The first kappa shape index (κ1) is 22.6. The number of hydrogen-bond donors (Lipinski definition) is 1. The molecule has 0 aliphatic carbocycles. The van der Waals surface area contributed by atoms with Crippen LogP contribution in [0.1, 0.15) is 28.3 Å². The van der Waals surface area contributed by atoms with E-state index in [1.54, 1.807) is 36.4 Å². The van der Waals surface area contributed by atoms with Gasteiger partial charge in [-0.1, -0.05) is 69.5 Å². The van der Waals surface area contributed by atoms with E-state index in [2.05, 4.69) is 15.9 Å². The van der Waals surface area contributed by atoms with Crippen molar-refractivity contribution in [3.63, 3.8) is 0 Å². The van der Waals surface area contributed by atoms with Gasteiger partial charge in [-0.3, -0.25) is 14.5 Å². The largest absolute Gasteiger partial charge is 0.507 e. The van der Waals surface area contributed by atoms with E-state index < -0.39 is 17.7 Å². The molecule has 32 heavy (non-hydrogen) atoms. The van der Waals surface area contributed by atoms with E-state index in [1.807, 2.05) is 38.1 Å². The molecule has 0 bridgehead atoms. The van der Waals surface area contributed by atoms with Crippen LogP contribution in [0.25, 0.3) is 5.76 Å². The Labute approximate surface area is 204 Å². The van der Waals surface area contributed by atoms with Crippen molar-refractivity contribution in [1.82, 2.24) is 0 Å². The van der Waals surface area contributed by atoms with Crippen molar-refractivity contribution in [1.29, 1.82) is 0 Å². The Kier molecular flexibility index (Phi) is 6.17. The average molecular weight is 531 g/mol. The van der Waals surface area contributed by atoms with Crippen molar-refractivity contribution in [2.75, 3.05) is 4.90 Å². The van der Waals surface area contributed by atoms with Gasteiger partial charge in [0.15, 0.2) is 0 Å². The number of carbonyl (C=O) groups excluding carboxylic acids is 2. The number of aryl methyl sites for hydroxylation is 2. The van der Waals surface area contributed by atoms with Crippen molar-refractivity contribution in [3.05, 3.63) is 103 Å². The number of anilines is 1. The predicted molar refractivity (Wildman–Crippen MR) is 131 cm³/mol. The number of Topliss-reactive ketones (excluding diaryl/α,β-unsaturated/α-hetero) is 1. The molecule has 1 saturated heterocycles. The van der Waals surface area contributed by atoms with Crippen LogP contribution in [-0.4, -0.2) is 16.8 Å². The summed E-state index contributed by atoms with van der Waals surface area (Å²) in [6.45, 7) is 3.78. The number of halogens is 3. The molecule has 0 saturated carbocycles. The molecule has 1 fully saturated rings. The van der Waals surface area contributed by atoms with Crippen LogP contribution in [-0.2, 0) is 9.59 Å². The van der Waals surface area contributed by atoms with E-state index in [0.717, 1.165) is 21.2 Å². The van der Waals surface area contributed by atoms with E-state index in [0.29, 0.717) is 16.3 Å². The van der Waals surface area contributed by atoms with Gasteiger partial charge in [0.1, 0.15) is 5.76 Å². The lowest BCUT2D eigenvalue weighted by Gasteiger charge is -2.27. The number of nitrogens with zero attached hydrogens (tertiary/aromatic N) is 1. The molecule has 4 nitrogen and oxygen atoms in total. The number of ketones is 1. The Morgan fingerprint density at radius 3 is 2.31 bits per heavy atom. The molecule has 162 valence electrons. The molecule has 1 atom stereocenters. The Morgan fingerprint density at radius 2 is 1.66 bits per heavy atom. The number of hydrogen-bond acceptors (Lipinski definition) is 3. The van der Waals surface area contributed by atoms with Crippen LogP contribution in [0.15, 0.2) is 70.7 Å². The minimum absolute atomic E-state index is 0.0251. The minimum Gasteiger partial charge on any atom is -0.507 e. The molecule has 0 radical (unpaired) electrons. The van der Waals surface area contributed by atoms with E-state index in [9.17, 15) is 14.7 Å². The second kappa shape index (κ2) is 8.74. The highest BCUT2D eigenvalue weighted by Gasteiger charge is 2.47. The summed E-state index contributed by atoms with van der Waals surface area (Å²) in [6, 6.07) is 16.6. The number of amides is 1. The van der Waals surface area contributed by atoms with Crippen molar-refractivity contribution < 1.29 is 14.7 Å². The molecule has 1 aliphatic rings. The van der Waals surface area contributed by atoms with Gasteiger partial charge >= 0.3 is 0 Å². The molecular formula is C25H18BrCl2NO3. The van der Waals surface area contributed by atoms with Gasteiger partial charge in [-0.15, -0.1) is 0 Å². The first-order valence-corrected chi connectivity index (χ1v) is 11.3. The quantitative estimate of drug-likeness (QED) is 0.225. The average Bonchev–Trinajstić information content (AvgIpc) is 3.02. The lowest BCUT2D eigenvalue weighted by Crippen LogP contribution is -2.29. The molecule has 7 heteroatoms. The lowest BCUT2D eigenvalue weighted by atomic mass is 9.92. The number of aliphatic hydroxyl groups is 1. The summed E-state index contributed by atoms with van der Waals surface area (Å²) >= 11 is 15.7. The van der Waals surface area contributed by atoms with E-state index in [1.165, 1.54) is 4.90 Å². The minimum atomic E-state index is -0.822. The molecule has 1 N–H and O–H groups in total. The Bertz CT molecular complexity index is 1300. The standard InChI is InChI=1S/C25H18BrCl2NO3/c1-13-5-3-4-6-17(13)22-21(23(30)15-7-9-18(26)14(2)11-15)24(31)25(32)29(22)16-8-10-19(27)20(28)12-16/h3-12,22,30H,1-2H3/b23-21+. The highest BCUT2D eigenvalue weighted by atomic mass is 79.9. The van der Waals surface area contributed by atoms with Crippen LogP contribution in [0.3, 0.4) is 0 Å². The van der Waals surface area contributed by atoms with E-state index in [-0.39, 0.29) is 16.4 Å². The zero-order valence-corrected chi connectivity index (χ0v) is 20.3. The van der Waals surface area contributed by atoms with Crippen LogP contribution in [0.2, 0.25) is 10.0 Å². The summed E-state index contributed by atoms with van der Waals surface area (Å²) in [5.74, 6) is -1.73. The first-order valence-electron chi connectivity index (χ1n) is 9.78. The molecule has 0 aromatic heterocycles. The van der Waals surface area contributed by atoms with Crippen molar-refractivity contribution in [2.24, 2.45) is 0 Å². The zero-order chi connectivity index (χ0) is 23.2. The SMILES string of the molecule is Cc1cc(/C(O)=C2\C(=O)C(=O)N(c3ccc(Cl)c(Cl)c3)C2c2ccccc2C)ccc1Br. The van der Waals surface area contributed by atoms with Gasteiger partial charge in [0, 0.05) is 15.7 Å². The maximum absolute atomic E-state index is 13.2. The Hall–Kier alpha value is -2.60. The number of aliphatic hydroxyl groups excluding tert-OH is 1. The zero-order valence-electron chi connectivity index (χ0n) is 17.2. The molecule has 4 rings (SSSR count). The smallest absolute Gasteiger partial charge is 0.300 e. The molecule has 1 unspecified atom stereocenters. The molecule has 3 aromatic carbocycles. The second-order valence-electron chi connectivity index (χ2n) is 7.59. The topological polar surface area (TPSA) is 57.6 Å². The predicted octanol–water partition coefficient (Wildman–Crippen LogP) is 7.00. The molecule has 3 aromatic rings. The summed E-state index contributed by atoms with van der Waals surface area (Å²) < 4.78 is 0.876. The van der Waals surface area contributed by atoms with Gasteiger partial charge in [0.05, 0.1) is 21.7 Å². The maximum atomic E-state index is 13.2. The van der Waals surface area contributed by atoms with Crippen molar-refractivity contribution >= 4 is 62.3 Å². The van der Waals surface area contributed by atoms with Crippen LogP contribution in [0.5, 0.6) is 0 Å². The number of benzene rings is 3. The third kappa shape index (κ3) is 3.85. The molecule has 1 heterocycles. The summed E-state index contributed by atoms with van der Waals surface area (Å²) in [4.78, 5) is 27.8. The van der Waals surface area contributed by atoms with Crippen LogP contribution >= 0.6 is 39.1 Å². The maximum Gasteiger partial charge on any atom is 0.300 e. The highest BCUT2D eigenvalue weighted by Crippen LogP contribution is 2.44. The summed E-state index contributed by atoms with van der Waals surface area (Å²) in [6.07, 6.45) is 0. The van der Waals surface area contributed by atoms with Crippen molar-refractivity contribution in [3.8, 4) is 0 Å². The van der Waals surface area contributed by atoms with Crippen LogP contribution in [0, 0.1) is 13.8 Å². The number of carbonyl (C=O) groups is 2. The van der Waals surface area contributed by atoms with Gasteiger partial charge in [0.2, 0.25) is 0 Å². The first-order chi connectivity index (χ1) is 15.2. The third-order valence-electron chi connectivity index (χ3n) is 5.54. The highest BCUT2D eigenvalue weighted by molar-refractivity contribution is 9.10. The molecular weight excluding hydrogens is 513 g/mol. The fourth-order valence-electron chi connectivity index (χ4n) is 3.87. The van der Waals surface area contributed by atoms with Gasteiger partial charge in [-0.25, -0.2) is 0 Å². The van der Waals surface area contributed by atoms with Gasteiger partial charge in [-0.05, 0) is 60.9 Å². The summed E-state index contributed by atoms with van der Waals surface area (Å²) in [7, 11) is 0. The Morgan fingerprint density at radius 1 is 0.938 bits per heavy atom. The lowest BCUT2D eigenvalue weighted by molar-refractivity contribution is -0.132.